The highest BCUT2D eigenvalue weighted by molar-refractivity contribution is 6.20. The van der Waals surface area contributed by atoms with E-state index in [1.807, 2.05) is 66.7 Å². The molecule has 0 N–H and O–H groups in total. The maximum absolute atomic E-state index is 13.3. The molecule has 166 valence electrons. The van der Waals surface area contributed by atoms with Gasteiger partial charge in [0.2, 0.25) is 0 Å². The van der Waals surface area contributed by atoms with Gasteiger partial charge >= 0.3 is 11.9 Å². The van der Waals surface area contributed by atoms with E-state index in [9.17, 15) is 9.59 Å². The largest absolute Gasteiger partial charge is 0.463 e. The SMILES string of the molecule is C=CCCC1CC(C(=O)OCC)=C(c2ccccc2)C(c2ccccc2)=C1C(=O)OCC. The molecule has 4 heteroatoms. The van der Waals surface area contributed by atoms with Crippen molar-refractivity contribution in [1.29, 1.82) is 0 Å². The van der Waals surface area contributed by atoms with Gasteiger partial charge in [-0.3, -0.25) is 0 Å². The summed E-state index contributed by atoms with van der Waals surface area (Å²) in [5.41, 5.74) is 4.45. The van der Waals surface area contributed by atoms with Crippen LogP contribution in [0.15, 0.2) is 84.5 Å². The smallest absolute Gasteiger partial charge is 0.334 e. The van der Waals surface area contributed by atoms with Gasteiger partial charge in [0.1, 0.15) is 0 Å². The van der Waals surface area contributed by atoms with Gasteiger partial charge in [0.05, 0.1) is 13.2 Å². The molecule has 0 saturated carbocycles. The molecular weight excluding hydrogens is 400 g/mol. The fourth-order valence-electron chi connectivity index (χ4n) is 4.21. The number of esters is 2. The molecule has 0 heterocycles. The number of rotatable bonds is 9. The van der Waals surface area contributed by atoms with Gasteiger partial charge in [-0.2, -0.15) is 0 Å². The van der Waals surface area contributed by atoms with E-state index < -0.39 is 0 Å². The second-order valence-electron chi connectivity index (χ2n) is 7.58. The monoisotopic (exact) mass is 430 g/mol. The molecule has 0 amide bonds. The van der Waals surface area contributed by atoms with Crippen LogP contribution >= 0.6 is 0 Å². The first-order valence-corrected chi connectivity index (χ1v) is 11.2. The lowest BCUT2D eigenvalue weighted by Gasteiger charge is -2.31. The van der Waals surface area contributed by atoms with Crippen LogP contribution in [0.5, 0.6) is 0 Å². The average molecular weight is 431 g/mol. The summed E-state index contributed by atoms with van der Waals surface area (Å²) in [4.78, 5) is 26.4. The molecule has 2 aromatic rings. The first kappa shape index (κ1) is 23.3. The van der Waals surface area contributed by atoms with E-state index in [1.54, 1.807) is 13.8 Å². The number of benzene rings is 2. The van der Waals surface area contributed by atoms with Gasteiger partial charge in [0.25, 0.3) is 0 Å². The molecule has 1 aliphatic carbocycles. The van der Waals surface area contributed by atoms with Crippen molar-refractivity contribution in [1.82, 2.24) is 0 Å². The van der Waals surface area contributed by atoms with Crippen molar-refractivity contribution in [2.75, 3.05) is 13.2 Å². The molecule has 0 aliphatic heterocycles. The van der Waals surface area contributed by atoms with Crippen molar-refractivity contribution >= 4 is 23.1 Å². The Hall–Kier alpha value is -3.40. The number of carbonyl (C=O) groups excluding carboxylic acids is 2. The van der Waals surface area contributed by atoms with E-state index in [4.69, 9.17) is 9.47 Å². The summed E-state index contributed by atoms with van der Waals surface area (Å²) < 4.78 is 11.0. The first-order chi connectivity index (χ1) is 15.6. The van der Waals surface area contributed by atoms with Gasteiger partial charge in [0, 0.05) is 22.3 Å². The minimum Gasteiger partial charge on any atom is -0.463 e. The quantitative estimate of drug-likeness (QED) is 0.361. The maximum atomic E-state index is 13.3. The summed E-state index contributed by atoms with van der Waals surface area (Å²) in [6, 6.07) is 19.5. The summed E-state index contributed by atoms with van der Waals surface area (Å²) in [7, 11) is 0. The van der Waals surface area contributed by atoms with Gasteiger partial charge in [-0.05, 0) is 50.2 Å². The lowest BCUT2D eigenvalue weighted by atomic mass is 9.72. The van der Waals surface area contributed by atoms with E-state index in [1.165, 1.54) is 0 Å². The first-order valence-electron chi connectivity index (χ1n) is 11.2. The highest BCUT2D eigenvalue weighted by atomic mass is 16.5. The molecule has 0 spiro atoms. The molecule has 0 radical (unpaired) electrons. The van der Waals surface area contributed by atoms with Crippen LogP contribution in [-0.2, 0) is 19.1 Å². The van der Waals surface area contributed by atoms with Gasteiger partial charge in [-0.25, -0.2) is 9.59 Å². The maximum Gasteiger partial charge on any atom is 0.334 e. The summed E-state index contributed by atoms with van der Waals surface area (Å²) in [6.07, 6.45) is 3.68. The zero-order chi connectivity index (χ0) is 22.9. The van der Waals surface area contributed by atoms with Crippen LogP contribution in [0, 0.1) is 5.92 Å². The molecule has 0 saturated heterocycles. The predicted octanol–water partition coefficient (Wildman–Crippen LogP) is 6.01. The number of hydrogen-bond donors (Lipinski definition) is 0. The summed E-state index contributed by atoms with van der Waals surface area (Å²) >= 11 is 0. The number of carbonyl (C=O) groups is 2. The van der Waals surface area contributed by atoms with Crippen molar-refractivity contribution in [3.8, 4) is 0 Å². The van der Waals surface area contributed by atoms with Crippen LogP contribution in [0.4, 0.5) is 0 Å². The Morgan fingerprint density at radius 2 is 1.41 bits per heavy atom. The minimum atomic E-state index is -0.341. The summed E-state index contributed by atoms with van der Waals surface area (Å²) in [5.74, 6) is -0.850. The standard InChI is InChI=1S/C28H30O4/c1-4-7-14-22-19-23(27(29)31-5-2)24(20-15-10-8-11-16-20)25(21-17-12-9-13-18-21)26(22)28(30)32-6-3/h4,8-13,15-18,22H,1,5-7,14,19H2,2-3H3. The van der Waals surface area contributed by atoms with Crippen molar-refractivity contribution in [3.05, 3.63) is 95.6 Å². The Kier molecular flexibility index (Phi) is 8.20. The highest BCUT2D eigenvalue weighted by Gasteiger charge is 2.37. The number of hydrogen-bond acceptors (Lipinski definition) is 4. The molecule has 1 atom stereocenters. The molecule has 3 rings (SSSR count). The van der Waals surface area contributed by atoms with E-state index in [-0.39, 0.29) is 31.1 Å². The third-order valence-electron chi connectivity index (χ3n) is 5.54. The van der Waals surface area contributed by atoms with E-state index in [0.29, 0.717) is 24.0 Å². The lowest BCUT2D eigenvalue weighted by molar-refractivity contribution is -0.140. The summed E-state index contributed by atoms with van der Waals surface area (Å²) in [6.45, 7) is 8.02. The van der Waals surface area contributed by atoms with Crippen molar-refractivity contribution in [2.24, 2.45) is 5.92 Å². The average Bonchev–Trinajstić information content (AvgIpc) is 2.83. The van der Waals surface area contributed by atoms with Gasteiger partial charge < -0.3 is 9.47 Å². The van der Waals surface area contributed by atoms with Crippen LogP contribution in [0.25, 0.3) is 11.1 Å². The van der Waals surface area contributed by atoms with Crippen molar-refractivity contribution in [2.45, 2.75) is 33.1 Å². The van der Waals surface area contributed by atoms with Gasteiger partial charge in [0.15, 0.2) is 0 Å². The van der Waals surface area contributed by atoms with Gasteiger partial charge in [-0.15, -0.1) is 6.58 Å². The molecular formula is C28H30O4. The Balaban J connectivity index is 2.37. The lowest BCUT2D eigenvalue weighted by Crippen LogP contribution is -2.26. The highest BCUT2D eigenvalue weighted by Crippen LogP contribution is 2.47. The molecule has 0 fully saturated rings. The Labute approximate surface area is 190 Å². The molecule has 0 aromatic heterocycles. The number of allylic oxidation sites excluding steroid dienone is 3. The van der Waals surface area contributed by atoms with E-state index in [2.05, 4.69) is 6.58 Å². The molecule has 0 bridgehead atoms. The third kappa shape index (κ3) is 5.08. The zero-order valence-electron chi connectivity index (χ0n) is 18.8. The van der Waals surface area contributed by atoms with E-state index >= 15 is 0 Å². The Bertz CT molecular complexity index is 1020. The predicted molar refractivity (Wildman–Crippen MR) is 128 cm³/mol. The van der Waals surface area contributed by atoms with Gasteiger partial charge in [-0.1, -0.05) is 66.7 Å². The second kappa shape index (κ2) is 11.3. The number of ether oxygens (including phenoxy) is 2. The van der Waals surface area contributed by atoms with Crippen LogP contribution in [0.2, 0.25) is 0 Å². The topological polar surface area (TPSA) is 52.6 Å². The van der Waals surface area contributed by atoms with E-state index in [0.717, 1.165) is 28.7 Å². The van der Waals surface area contributed by atoms with Crippen molar-refractivity contribution < 1.29 is 19.1 Å². The fourth-order valence-corrected chi connectivity index (χ4v) is 4.21. The van der Waals surface area contributed by atoms with Crippen LogP contribution < -0.4 is 0 Å². The molecule has 2 aromatic carbocycles. The normalized spacial score (nSPS) is 16.0. The second-order valence-corrected chi connectivity index (χ2v) is 7.58. The molecule has 4 nitrogen and oxygen atoms in total. The van der Waals surface area contributed by atoms with Crippen LogP contribution in [0.1, 0.15) is 44.2 Å². The van der Waals surface area contributed by atoms with Crippen molar-refractivity contribution in [3.63, 3.8) is 0 Å². The zero-order valence-corrected chi connectivity index (χ0v) is 18.8. The molecule has 32 heavy (non-hydrogen) atoms. The molecule has 1 unspecified atom stereocenters. The Morgan fingerprint density at radius 1 is 0.875 bits per heavy atom. The van der Waals surface area contributed by atoms with Crippen LogP contribution in [0.3, 0.4) is 0 Å². The third-order valence-corrected chi connectivity index (χ3v) is 5.54. The summed E-state index contributed by atoms with van der Waals surface area (Å²) in [5, 5.41) is 0. The van der Waals surface area contributed by atoms with Crippen LogP contribution in [-0.4, -0.2) is 25.2 Å². The Morgan fingerprint density at radius 3 is 1.94 bits per heavy atom. The minimum absolute atomic E-state index is 0.172. The molecule has 1 aliphatic rings. The fraction of sp³-hybridized carbons (Fsp3) is 0.286.